The molecule has 0 spiro atoms. The second-order valence-electron chi connectivity index (χ2n) is 4.77. The molecule has 116 valence electrons. The molecule has 1 aliphatic heterocycles. The molecule has 1 aromatic rings. The van der Waals surface area contributed by atoms with Crippen molar-refractivity contribution in [2.75, 3.05) is 26.5 Å². The van der Waals surface area contributed by atoms with Crippen LogP contribution in [0.3, 0.4) is 0 Å². The zero-order valence-electron chi connectivity index (χ0n) is 12.4. The minimum absolute atomic E-state index is 0.223. The number of nitrogens with zero attached hydrogens (tertiary/aromatic N) is 1. The summed E-state index contributed by atoms with van der Waals surface area (Å²) in [7, 11) is 0. The lowest BCUT2D eigenvalue weighted by Crippen LogP contribution is -2.31. The maximum absolute atomic E-state index is 11.6. The van der Waals surface area contributed by atoms with Crippen molar-refractivity contribution in [1.82, 2.24) is 4.90 Å². The number of halogens is 1. The van der Waals surface area contributed by atoms with E-state index in [0.717, 1.165) is 23.4 Å². The van der Waals surface area contributed by atoms with Gasteiger partial charge in [-0.1, -0.05) is 18.5 Å². The molecule has 0 aliphatic carbocycles. The Morgan fingerprint density at radius 2 is 2.24 bits per heavy atom. The summed E-state index contributed by atoms with van der Waals surface area (Å²) in [5, 5.41) is 0.644. The van der Waals surface area contributed by atoms with Crippen LogP contribution in [-0.2, 0) is 27.4 Å². The number of likely N-dealkylation sites (N-methyl/N-ethyl adjacent to an activating group) is 1. The van der Waals surface area contributed by atoms with E-state index in [1.54, 1.807) is 6.92 Å². The van der Waals surface area contributed by atoms with Gasteiger partial charge in [0, 0.05) is 22.7 Å². The molecule has 5 nitrogen and oxygen atoms in total. The Hall–Kier alpha value is -1.30. The molecule has 1 aromatic carbocycles. The SMILES string of the molecule is CCOC(=O)CN(CC)Cc1cc(Cl)cc2c1OCOC2. The molecular formula is C15H20ClNO4. The van der Waals surface area contributed by atoms with Gasteiger partial charge >= 0.3 is 5.97 Å². The third-order valence-corrected chi connectivity index (χ3v) is 3.47. The fourth-order valence-electron chi connectivity index (χ4n) is 2.28. The monoisotopic (exact) mass is 313 g/mol. The van der Waals surface area contributed by atoms with Crippen LogP contribution in [0.5, 0.6) is 5.75 Å². The molecular weight excluding hydrogens is 294 g/mol. The van der Waals surface area contributed by atoms with Crippen molar-refractivity contribution in [2.24, 2.45) is 0 Å². The third-order valence-electron chi connectivity index (χ3n) is 3.25. The van der Waals surface area contributed by atoms with Gasteiger partial charge in [0.1, 0.15) is 5.75 Å². The van der Waals surface area contributed by atoms with Crippen LogP contribution in [0.4, 0.5) is 0 Å². The molecule has 0 N–H and O–H groups in total. The predicted molar refractivity (Wildman–Crippen MR) is 79.3 cm³/mol. The normalized spacial score (nSPS) is 13.7. The minimum atomic E-state index is -0.223. The molecule has 0 unspecified atom stereocenters. The highest BCUT2D eigenvalue weighted by molar-refractivity contribution is 6.30. The van der Waals surface area contributed by atoms with Crippen molar-refractivity contribution in [3.63, 3.8) is 0 Å². The number of carbonyl (C=O) groups is 1. The minimum Gasteiger partial charge on any atom is -0.467 e. The molecule has 2 rings (SSSR count). The molecule has 0 saturated heterocycles. The van der Waals surface area contributed by atoms with Gasteiger partial charge in [-0.25, -0.2) is 0 Å². The van der Waals surface area contributed by atoms with Crippen LogP contribution in [0, 0.1) is 0 Å². The molecule has 0 aromatic heterocycles. The predicted octanol–water partition coefficient (Wildman–Crippen LogP) is 2.59. The molecule has 0 atom stereocenters. The molecule has 0 saturated carbocycles. The lowest BCUT2D eigenvalue weighted by Gasteiger charge is -2.25. The zero-order valence-corrected chi connectivity index (χ0v) is 13.1. The highest BCUT2D eigenvalue weighted by Gasteiger charge is 2.19. The van der Waals surface area contributed by atoms with Gasteiger partial charge in [-0.3, -0.25) is 9.69 Å². The van der Waals surface area contributed by atoms with E-state index in [1.165, 1.54) is 0 Å². The second-order valence-corrected chi connectivity index (χ2v) is 5.21. The average molecular weight is 314 g/mol. The number of carbonyl (C=O) groups excluding carboxylic acids is 1. The van der Waals surface area contributed by atoms with Crippen LogP contribution in [0.1, 0.15) is 25.0 Å². The number of hydrogen-bond donors (Lipinski definition) is 0. The van der Waals surface area contributed by atoms with Crippen molar-refractivity contribution in [1.29, 1.82) is 0 Å². The lowest BCUT2D eigenvalue weighted by molar-refractivity contribution is -0.144. The van der Waals surface area contributed by atoms with Gasteiger partial charge in [0.15, 0.2) is 6.79 Å². The van der Waals surface area contributed by atoms with Gasteiger partial charge in [0.25, 0.3) is 0 Å². The Morgan fingerprint density at radius 3 is 2.95 bits per heavy atom. The third kappa shape index (κ3) is 4.33. The number of hydrogen-bond acceptors (Lipinski definition) is 5. The van der Waals surface area contributed by atoms with Crippen LogP contribution in [-0.4, -0.2) is 37.4 Å². The molecule has 0 fully saturated rings. The van der Waals surface area contributed by atoms with E-state index in [0.29, 0.717) is 24.8 Å². The highest BCUT2D eigenvalue weighted by atomic mass is 35.5. The maximum atomic E-state index is 11.6. The largest absolute Gasteiger partial charge is 0.467 e. The summed E-state index contributed by atoms with van der Waals surface area (Å²) in [4.78, 5) is 13.6. The first-order valence-corrected chi connectivity index (χ1v) is 7.41. The first-order chi connectivity index (χ1) is 10.1. The number of benzene rings is 1. The summed E-state index contributed by atoms with van der Waals surface area (Å²) in [6, 6.07) is 3.72. The van der Waals surface area contributed by atoms with Crippen LogP contribution >= 0.6 is 11.6 Å². The molecule has 0 amide bonds. The summed E-state index contributed by atoms with van der Waals surface area (Å²) < 4.78 is 15.8. The van der Waals surface area contributed by atoms with Crippen LogP contribution in [0.25, 0.3) is 0 Å². The smallest absolute Gasteiger partial charge is 0.320 e. The Bertz CT molecular complexity index is 507. The number of fused-ring (bicyclic) bond motifs is 1. The van der Waals surface area contributed by atoms with Gasteiger partial charge in [0.2, 0.25) is 0 Å². The van der Waals surface area contributed by atoms with Gasteiger partial charge in [-0.2, -0.15) is 0 Å². The standard InChI is InChI=1S/C15H20ClNO4/c1-3-17(8-14(18)20-4-2)7-11-5-13(16)6-12-9-19-10-21-15(11)12/h5-6H,3-4,7-10H2,1-2H3. The Morgan fingerprint density at radius 1 is 1.43 bits per heavy atom. The zero-order chi connectivity index (χ0) is 15.2. The first kappa shape index (κ1) is 16.1. The molecule has 6 heteroatoms. The van der Waals surface area contributed by atoms with E-state index in [9.17, 15) is 4.79 Å². The van der Waals surface area contributed by atoms with E-state index in [2.05, 4.69) is 0 Å². The van der Waals surface area contributed by atoms with Crippen LogP contribution < -0.4 is 4.74 Å². The van der Waals surface area contributed by atoms with Crippen LogP contribution in [0.2, 0.25) is 5.02 Å². The van der Waals surface area contributed by atoms with Gasteiger partial charge < -0.3 is 14.2 Å². The van der Waals surface area contributed by atoms with E-state index in [1.807, 2.05) is 24.0 Å². The summed E-state index contributed by atoms with van der Waals surface area (Å²) in [6.45, 7) is 6.49. The number of esters is 1. The topological polar surface area (TPSA) is 48.0 Å². The summed E-state index contributed by atoms with van der Waals surface area (Å²) >= 11 is 6.14. The van der Waals surface area contributed by atoms with Crippen molar-refractivity contribution >= 4 is 17.6 Å². The van der Waals surface area contributed by atoms with Gasteiger partial charge in [0.05, 0.1) is 19.8 Å². The van der Waals surface area contributed by atoms with E-state index in [4.69, 9.17) is 25.8 Å². The van der Waals surface area contributed by atoms with E-state index >= 15 is 0 Å². The van der Waals surface area contributed by atoms with Crippen molar-refractivity contribution in [2.45, 2.75) is 27.0 Å². The quantitative estimate of drug-likeness (QED) is 0.756. The van der Waals surface area contributed by atoms with Crippen molar-refractivity contribution in [3.05, 3.63) is 28.3 Å². The second kappa shape index (κ2) is 7.64. The fourth-order valence-corrected chi connectivity index (χ4v) is 2.55. The number of rotatable bonds is 6. The molecule has 1 aliphatic rings. The highest BCUT2D eigenvalue weighted by Crippen LogP contribution is 2.32. The fraction of sp³-hybridized carbons (Fsp3) is 0.533. The molecule has 1 heterocycles. The van der Waals surface area contributed by atoms with Gasteiger partial charge in [-0.05, 0) is 25.6 Å². The summed E-state index contributed by atoms with van der Waals surface area (Å²) in [5.41, 5.74) is 1.91. The maximum Gasteiger partial charge on any atom is 0.320 e. The van der Waals surface area contributed by atoms with Crippen LogP contribution in [0.15, 0.2) is 12.1 Å². The van der Waals surface area contributed by atoms with Gasteiger partial charge in [-0.15, -0.1) is 0 Å². The Kier molecular flexibility index (Phi) is 5.85. The summed E-state index contributed by atoms with van der Waals surface area (Å²) in [5.74, 6) is 0.590. The van der Waals surface area contributed by atoms with E-state index in [-0.39, 0.29) is 19.3 Å². The summed E-state index contributed by atoms with van der Waals surface area (Å²) in [6.07, 6.45) is 0. The molecule has 0 bridgehead atoms. The van der Waals surface area contributed by atoms with E-state index < -0.39 is 0 Å². The Balaban J connectivity index is 2.13. The van der Waals surface area contributed by atoms with Crippen molar-refractivity contribution in [3.8, 4) is 5.75 Å². The average Bonchev–Trinajstić information content (AvgIpc) is 2.46. The number of ether oxygens (including phenoxy) is 3. The van der Waals surface area contributed by atoms with Crippen molar-refractivity contribution < 1.29 is 19.0 Å². The molecule has 0 radical (unpaired) electrons. The lowest BCUT2D eigenvalue weighted by atomic mass is 10.1. The molecule has 21 heavy (non-hydrogen) atoms. The Labute approximate surface area is 129 Å². The first-order valence-electron chi connectivity index (χ1n) is 7.03.